The van der Waals surface area contributed by atoms with E-state index in [-0.39, 0.29) is 29.7 Å². The summed E-state index contributed by atoms with van der Waals surface area (Å²) in [5, 5.41) is 9.98. The van der Waals surface area contributed by atoms with E-state index in [1.165, 1.54) is 7.11 Å². The molecule has 2 amide bonds. The van der Waals surface area contributed by atoms with Crippen LogP contribution in [0.5, 0.6) is 17.2 Å². The van der Waals surface area contributed by atoms with Crippen molar-refractivity contribution in [1.29, 1.82) is 0 Å². The number of hydrogen-bond acceptors (Lipinski definition) is 17. The topological polar surface area (TPSA) is 380 Å². The summed E-state index contributed by atoms with van der Waals surface area (Å²) in [6.07, 6.45) is 2.44. The van der Waals surface area contributed by atoms with E-state index in [1.54, 1.807) is 57.9 Å². The zero-order valence-corrected chi connectivity index (χ0v) is 54.5. The van der Waals surface area contributed by atoms with Crippen molar-refractivity contribution < 1.29 is 55.6 Å². The lowest BCUT2D eigenvalue weighted by atomic mass is 10.1. The van der Waals surface area contributed by atoms with Crippen LogP contribution in [0.3, 0.4) is 0 Å². The van der Waals surface area contributed by atoms with E-state index in [0.29, 0.717) is 22.8 Å². The van der Waals surface area contributed by atoms with E-state index in [9.17, 15) is 19.2 Å². The molecule has 13 N–H and O–H groups in total. The number of carbonyl (C=O) groups excluding carboxylic acids is 4. The van der Waals surface area contributed by atoms with E-state index in [4.69, 9.17) is 42.3 Å². The van der Waals surface area contributed by atoms with E-state index < -0.39 is 22.3 Å². The number of hydrazone groups is 1. The number of esters is 1. The van der Waals surface area contributed by atoms with E-state index >= 15 is 0 Å². The Labute approximate surface area is 566 Å². The highest BCUT2D eigenvalue weighted by Crippen LogP contribution is 2.37. The number of para-hydroxylation sites is 3. The maximum atomic E-state index is 12.9. The minimum Gasteiger partial charge on any atom is -0.497 e. The first-order valence-corrected chi connectivity index (χ1v) is 30.7. The van der Waals surface area contributed by atoms with Crippen molar-refractivity contribution in [3.05, 3.63) is 253 Å². The van der Waals surface area contributed by atoms with Gasteiger partial charge in [-0.05, 0) is 115 Å². The molecular formula is C72H65ClN12O12S. The van der Waals surface area contributed by atoms with Crippen LogP contribution in [0, 0.1) is 0 Å². The normalized spacial score (nSPS) is 10.6. The Morgan fingerprint density at radius 3 is 1.10 bits per heavy atom. The van der Waals surface area contributed by atoms with E-state index in [1.807, 2.05) is 194 Å². The summed E-state index contributed by atoms with van der Waals surface area (Å²) in [6, 6.07) is 70.7. The van der Waals surface area contributed by atoms with Crippen molar-refractivity contribution in [3.63, 3.8) is 0 Å². The summed E-state index contributed by atoms with van der Waals surface area (Å²) in [5.74, 6) is 14.3. The largest absolute Gasteiger partial charge is 0.497 e. The standard InChI is InChI=1S/C26H20N4O2.C20H16N2O3.C19H16N4O2.C7H6O.ClH.H4N2.H2O4S/c1-32-19-13-11-18(12-14-19)24-25-21(20-9-5-6-10-22(20)28-25)15-23(29-24)26(31)30-27-16-17-7-3-2-4-8-17;1-24-13-9-7-12(8-10-13)18-19-15(11-17(22-18)20(23)25-2)14-5-3-4-6-16(14)21-19;1-25-12-8-6-11(7-9-12)17-18-14(10-16(22-17)19(24)23-20)13-4-2-3-5-15(13)21-18;8-6-7-4-2-1-3-5-7;;1-2;1-5(2,3)4/h2-16,28H,1H3,(H,30,31);3-11,21H,1-2H3;2-10,21H,20H2,1H3,(H,23,24);1-6H;1H;1-2H2;(H2,1,2,3,4)/b27-16+;;;;;;. The molecule has 0 aliphatic rings. The summed E-state index contributed by atoms with van der Waals surface area (Å²) < 4.78 is 52.2. The number of nitrogens with zero attached hydrogens (tertiary/aromatic N) is 4. The molecule has 0 fully saturated rings. The number of fused-ring (bicyclic) bond motifs is 9. The maximum absolute atomic E-state index is 12.9. The molecule has 0 spiro atoms. The Morgan fingerprint density at radius 2 is 0.776 bits per heavy atom. The van der Waals surface area contributed by atoms with Crippen molar-refractivity contribution >= 4 is 119 Å². The summed E-state index contributed by atoms with van der Waals surface area (Å²) in [5.41, 5.74) is 17.5. The van der Waals surface area contributed by atoms with Crippen molar-refractivity contribution in [2.45, 2.75) is 0 Å². The molecule has 6 aromatic heterocycles. The number of ether oxygens (including phenoxy) is 4. The summed E-state index contributed by atoms with van der Waals surface area (Å²) in [4.78, 5) is 71.1. The average Bonchev–Trinajstić information content (AvgIpc) is 1.60. The minimum absolute atomic E-state index is 0. The number of nitrogens with one attached hydrogen (secondary N) is 5. The highest BCUT2D eigenvalue weighted by atomic mass is 35.5. The molecule has 0 saturated heterocycles. The SMILES string of the molecule is COC(=O)c1cc2c([nH]c3ccccc32)c(-c2ccc(OC)cc2)n1.COc1ccc(-c2nc(C(=O)N/N=C/c3ccccc3)cc3c2[nH]c2ccccc23)cc1.COc1ccc(-c2nc(C(=O)NN)cc3c2[nH]c2ccccc23)cc1.Cl.NN.O=Cc1ccccc1.O=S(=O)(O)O. The zero-order valence-electron chi connectivity index (χ0n) is 52.8. The minimum atomic E-state index is -4.67. The molecule has 98 heavy (non-hydrogen) atoms. The number of amides is 2. The molecule has 14 aromatic rings. The lowest BCUT2D eigenvalue weighted by Crippen LogP contribution is -2.30. The van der Waals surface area contributed by atoms with Crippen molar-refractivity contribution in [2.24, 2.45) is 22.6 Å². The third kappa shape index (κ3) is 17.6. The Balaban J connectivity index is 0.000000170. The number of aromatic nitrogens is 6. The van der Waals surface area contributed by atoms with Gasteiger partial charge in [-0.25, -0.2) is 31.0 Å². The third-order valence-electron chi connectivity index (χ3n) is 14.7. The average molecular weight is 1360 g/mol. The fourth-order valence-electron chi connectivity index (χ4n) is 10.2. The smallest absolute Gasteiger partial charge is 0.394 e. The second kappa shape index (κ2) is 33.8. The van der Waals surface area contributed by atoms with Gasteiger partial charge in [0.15, 0.2) is 0 Å². The molecule has 498 valence electrons. The van der Waals surface area contributed by atoms with Gasteiger partial charge in [-0.1, -0.05) is 115 Å². The number of benzene rings is 8. The van der Waals surface area contributed by atoms with Crippen LogP contribution in [-0.2, 0) is 15.1 Å². The third-order valence-corrected chi connectivity index (χ3v) is 14.7. The molecule has 0 bridgehead atoms. The molecule has 0 atom stereocenters. The van der Waals surface area contributed by atoms with Crippen LogP contribution in [0.2, 0.25) is 0 Å². The van der Waals surface area contributed by atoms with Gasteiger partial charge in [0.1, 0.15) is 40.6 Å². The Bertz CT molecular complexity index is 5030. The van der Waals surface area contributed by atoms with Gasteiger partial charge in [0.25, 0.3) is 11.8 Å². The van der Waals surface area contributed by atoms with Gasteiger partial charge in [0.05, 0.1) is 68.3 Å². The fraction of sp³-hybridized carbons (Fsp3) is 0.0556. The first kappa shape index (κ1) is 71.6. The second-order valence-corrected chi connectivity index (χ2v) is 21.5. The van der Waals surface area contributed by atoms with Crippen LogP contribution in [0.4, 0.5) is 0 Å². The van der Waals surface area contributed by atoms with Gasteiger partial charge in [0.2, 0.25) is 0 Å². The van der Waals surface area contributed by atoms with Gasteiger partial charge in [-0.3, -0.25) is 40.6 Å². The van der Waals surface area contributed by atoms with Gasteiger partial charge in [0, 0.05) is 71.1 Å². The number of hydrazine groups is 2. The van der Waals surface area contributed by atoms with Crippen molar-refractivity contribution in [1.82, 2.24) is 40.8 Å². The lowest BCUT2D eigenvalue weighted by molar-refractivity contribution is 0.0594. The number of nitrogens with two attached hydrogens (primary N) is 3. The molecule has 14 rings (SSSR count). The fourth-order valence-corrected chi connectivity index (χ4v) is 10.2. The molecule has 24 nitrogen and oxygen atoms in total. The molecule has 6 heterocycles. The number of carbonyl (C=O) groups is 4. The van der Waals surface area contributed by atoms with Crippen LogP contribution in [0.15, 0.2) is 230 Å². The maximum Gasteiger partial charge on any atom is 0.394 e. The van der Waals surface area contributed by atoms with Crippen LogP contribution < -0.4 is 42.6 Å². The molecule has 0 saturated carbocycles. The lowest BCUT2D eigenvalue weighted by Gasteiger charge is -2.08. The number of H-pyrrole nitrogens is 3. The molecule has 8 aromatic carbocycles. The number of hydrogen-bond donors (Lipinski definition) is 10. The van der Waals surface area contributed by atoms with Gasteiger partial charge in [-0.2, -0.15) is 13.5 Å². The highest BCUT2D eigenvalue weighted by Gasteiger charge is 2.21. The van der Waals surface area contributed by atoms with Gasteiger partial charge >= 0.3 is 16.4 Å². The van der Waals surface area contributed by atoms with Crippen molar-refractivity contribution in [2.75, 3.05) is 28.4 Å². The Hall–Kier alpha value is -12.2. The number of halogens is 1. The first-order valence-electron chi connectivity index (χ1n) is 29.3. The number of rotatable bonds is 12. The Morgan fingerprint density at radius 1 is 0.459 bits per heavy atom. The number of aldehydes is 1. The highest BCUT2D eigenvalue weighted by molar-refractivity contribution is 7.79. The van der Waals surface area contributed by atoms with E-state index in [0.717, 1.165) is 117 Å². The van der Waals surface area contributed by atoms with Crippen LogP contribution in [-0.4, -0.2) is 106 Å². The Kier molecular flexibility index (Phi) is 24.7. The molecule has 0 radical (unpaired) electrons. The van der Waals surface area contributed by atoms with Crippen LogP contribution >= 0.6 is 12.4 Å². The molecule has 0 aliphatic heterocycles. The number of nitrogen functional groups attached to an aromatic ring is 1. The summed E-state index contributed by atoms with van der Waals surface area (Å²) in [7, 11) is 1.57. The molecule has 0 unspecified atom stereocenters. The molecule has 26 heteroatoms. The quantitative estimate of drug-likeness (QED) is 0.0103. The first-order chi connectivity index (χ1) is 47.1. The predicted molar refractivity (Wildman–Crippen MR) is 383 cm³/mol. The van der Waals surface area contributed by atoms with E-state index in [2.05, 4.69) is 57.5 Å². The number of pyridine rings is 3. The zero-order chi connectivity index (χ0) is 69.0. The van der Waals surface area contributed by atoms with Gasteiger partial charge in [-0.15, -0.1) is 12.4 Å². The predicted octanol–water partition coefficient (Wildman–Crippen LogP) is 12.4. The van der Waals surface area contributed by atoms with Crippen LogP contribution in [0.1, 0.15) is 47.4 Å². The monoisotopic (exact) mass is 1360 g/mol. The summed E-state index contributed by atoms with van der Waals surface area (Å²) in [6.45, 7) is 0. The second-order valence-electron chi connectivity index (χ2n) is 20.6. The molecular weight excluding hydrogens is 1290 g/mol. The van der Waals surface area contributed by atoms with Gasteiger partial charge < -0.3 is 33.9 Å². The van der Waals surface area contributed by atoms with Crippen molar-refractivity contribution in [3.8, 4) is 51.0 Å². The molecule has 0 aliphatic carbocycles. The summed E-state index contributed by atoms with van der Waals surface area (Å²) >= 11 is 0. The number of aromatic amines is 3. The van der Waals surface area contributed by atoms with Crippen LogP contribution in [0.25, 0.3) is 99.2 Å². The number of methoxy groups -OCH3 is 4.